The van der Waals surface area contributed by atoms with Crippen molar-refractivity contribution in [1.29, 1.82) is 0 Å². The van der Waals surface area contributed by atoms with Crippen molar-refractivity contribution in [2.24, 2.45) is 0 Å². The smallest absolute Gasteiger partial charge is 0.257 e. The summed E-state index contributed by atoms with van der Waals surface area (Å²) in [6, 6.07) is 20.1. The van der Waals surface area contributed by atoms with Gasteiger partial charge in [0.05, 0.1) is 0 Å². The first-order valence-electron chi connectivity index (χ1n) is 9.05. The lowest BCUT2D eigenvalue weighted by molar-refractivity contribution is 0.0927. The molecule has 4 nitrogen and oxygen atoms in total. The van der Waals surface area contributed by atoms with Crippen LogP contribution < -0.4 is 5.32 Å². The molecule has 3 aromatic rings. The zero-order chi connectivity index (χ0) is 18.0. The predicted molar refractivity (Wildman–Crippen MR) is 101 cm³/mol. The van der Waals surface area contributed by atoms with Gasteiger partial charge >= 0.3 is 0 Å². The van der Waals surface area contributed by atoms with Crippen LogP contribution in [0.1, 0.15) is 40.9 Å². The largest absolute Gasteiger partial charge is 0.360 e. The monoisotopic (exact) mass is 346 g/mol. The summed E-state index contributed by atoms with van der Waals surface area (Å²) in [5.41, 5.74) is 3.36. The Balaban J connectivity index is 1.55. The molecule has 1 amide bonds. The van der Waals surface area contributed by atoms with Gasteiger partial charge in [-0.15, -0.1) is 0 Å². The molecule has 0 radical (unpaired) electrons. The Bertz CT molecular complexity index is 896. The molecule has 0 aliphatic heterocycles. The van der Waals surface area contributed by atoms with Crippen LogP contribution in [0, 0.1) is 6.92 Å². The van der Waals surface area contributed by atoms with Gasteiger partial charge in [0.25, 0.3) is 5.91 Å². The maximum Gasteiger partial charge on any atom is 0.257 e. The summed E-state index contributed by atoms with van der Waals surface area (Å²) < 4.78 is 5.32. The number of nitrogens with zero attached hydrogens (tertiary/aromatic N) is 1. The first-order chi connectivity index (χ1) is 12.7. The van der Waals surface area contributed by atoms with Crippen molar-refractivity contribution < 1.29 is 9.32 Å². The van der Waals surface area contributed by atoms with Gasteiger partial charge < -0.3 is 9.84 Å². The second-order valence-electron chi connectivity index (χ2n) is 7.01. The molecule has 0 atom stereocenters. The third-order valence-electron chi connectivity index (χ3n) is 5.42. The average Bonchev–Trinajstić information content (AvgIpc) is 3.04. The number of aromatic nitrogens is 1. The van der Waals surface area contributed by atoms with Crippen molar-refractivity contribution in [3.05, 3.63) is 77.6 Å². The van der Waals surface area contributed by atoms with Crippen molar-refractivity contribution in [3.63, 3.8) is 0 Å². The van der Waals surface area contributed by atoms with Crippen LogP contribution in [0.15, 0.2) is 65.2 Å². The van der Waals surface area contributed by atoms with E-state index >= 15 is 0 Å². The van der Waals surface area contributed by atoms with Crippen molar-refractivity contribution in [2.75, 3.05) is 6.54 Å². The molecule has 0 spiro atoms. The number of hydrogen-bond donors (Lipinski definition) is 1. The lowest BCUT2D eigenvalue weighted by Gasteiger charge is -2.42. The number of carbonyl (C=O) groups is 1. The van der Waals surface area contributed by atoms with Gasteiger partial charge in [0.2, 0.25) is 0 Å². The molecule has 0 saturated heterocycles. The summed E-state index contributed by atoms with van der Waals surface area (Å²) in [4.78, 5) is 12.9. The third kappa shape index (κ3) is 2.92. The van der Waals surface area contributed by atoms with Gasteiger partial charge in [-0.05, 0) is 25.3 Å². The van der Waals surface area contributed by atoms with Gasteiger partial charge in [0.1, 0.15) is 17.0 Å². The Morgan fingerprint density at radius 2 is 1.73 bits per heavy atom. The molecule has 1 saturated carbocycles. The summed E-state index contributed by atoms with van der Waals surface area (Å²) in [5.74, 6) is 0.425. The van der Waals surface area contributed by atoms with E-state index in [1.807, 2.05) is 36.4 Å². The Morgan fingerprint density at radius 3 is 2.35 bits per heavy atom. The fourth-order valence-electron chi connectivity index (χ4n) is 3.73. The highest BCUT2D eigenvalue weighted by Crippen LogP contribution is 2.43. The lowest BCUT2D eigenvalue weighted by atomic mass is 9.64. The number of carbonyl (C=O) groups excluding carboxylic acids is 1. The van der Waals surface area contributed by atoms with Crippen LogP contribution in [0.2, 0.25) is 0 Å². The highest BCUT2D eigenvalue weighted by Gasteiger charge is 2.39. The van der Waals surface area contributed by atoms with E-state index < -0.39 is 0 Å². The maximum atomic E-state index is 12.9. The van der Waals surface area contributed by atoms with Gasteiger partial charge in [0.15, 0.2) is 0 Å². The second kappa shape index (κ2) is 6.79. The molecule has 26 heavy (non-hydrogen) atoms. The van der Waals surface area contributed by atoms with Crippen LogP contribution in [0.3, 0.4) is 0 Å². The summed E-state index contributed by atoms with van der Waals surface area (Å²) in [7, 11) is 0. The summed E-state index contributed by atoms with van der Waals surface area (Å²) in [6.45, 7) is 2.42. The molecule has 1 heterocycles. The van der Waals surface area contributed by atoms with E-state index in [1.165, 1.54) is 12.0 Å². The molecule has 1 aliphatic rings. The fraction of sp³-hybridized carbons (Fsp3) is 0.273. The van der Waals surface area contributed by atoms with Crippen LogP contribution in [0.5, 0.6) is 0 Å². The summed E-state index contributed by atoms with van der Waals surface area (Å²) in [6.07, 6.45) is 3.41. The van der Waals surface area contributed by atoms with E-state index in [0.717, 1.165) is 18.4 Å². The second-order valence-corrected chi connectivity index (χ2v) is 7.01. The fourth-order valence-corrected chi connectivity index (χ4v) is 3.73. The minimum absolute atomic E-state index is 0.0505. The molecule has 4 heteroatoms. The molecule has 0 bridgehead atoms. The van der Waals surface area contributed by atoms with E-state index in [4.69, 9.17) is 4.52 Å². The molecule has 1 aliphatic carbocycles. The topological polar surface area (TPSA) is 55.1 Å². The standard InChI is InChI=1S/C22H22N2O2/c1-16-19(20(24-26-16)17-9-4-2-5-10-17)21(25)23-15-22(13-8-14-22)18-11-6-3-7-12-18/h2-7,9-12H,8,13-15H2,1H3,(H,23,25). The van der Waals surface area contributed by atoms with Gasteiger partial charge in [-0.1, -0.05) is 72.2 Å². The Labute approximate surface area is 153 Å². The van der Waals surface area contributed by atoms with Crippen molar-refractivity contribution in [2.45, 2.75) is 31.6 Å². The zero-order valence-corrected chi connectivity index (χ0v) is 14.9. The maximum absolute atomic E-state index is 12.9. The Morgan fingerprint density at radius 1 is 1.08 bits per heavy atom. The van der Waals surface area contributed by atoms with E-state index in [2.05, 4.69) is 34.7 Å². The van der Waals surface area contributed by atoms with Gasteiger partial charge in [-0.3, -0.25) is 4.79 Å². The minimum atomic E-state index is -0.121. The van der Waals surface area contributed by atoms with Crippen LogP contribution in [0.25, 0.3) is 11.3 Å². The summed E-state index contributed by atoms with van der Waals surface area (Å²) in [5, 5.41) is 7.25. The molecule has 4 rings (SSSR count). The van der Waals surface area contributed by atoms with Gasteiger partial charge in [0, 0.05) is 17.5 Å². The third-order valence-corrected chi connectivity index (χ3v) is 5.42. The SMILES string of the molecule is Cc1onc(-c2ccccc2)c1C(=O)NCC1(c2ccccc2)CCC1. The quantitative estimate of drug-likeness (QED) is 0.740. The van der Waals surface area contributed by atoms with E-state index in [0.29, 0.717) is 23.6 Å². The summed E-state index contributed by atoms with van der Waals surface area (Å²) >= 11 is 0. The van der Waals surface area contributed by atoms with Crippen LogP contribution >= 0.6 is 0 Å². The highest BCUT2D eigenvalue weighted by molar-refractivity contribution is 6.00. The van der Waals surface area contributed by atoms with Crippen molar-refractivity contribution >= 4 is 5.91 Å². The lowest BCUT2D eigenvalue weighted by Crippen LogP contribution is -2.45. The van der Waals surface area contributed by atoms with Crippen LogP contribution in [0.4, 0.5) is 0 Å². The van der Waals surface area contributed by atoms with Crippen LogP contribution in [-0.2, 0) is 5.41 Å². The van der Waals surface area contributed by atoms with Crippen LogP contribution in [-0.4, -0.2) is 17.6 Å². The van der Waals surface area contributed by atoms with Gasteiger partial charge in [-0.2, -0.15) is 0 Å². The minimum Gasteiger partial charge on any atom is -0.360 e. The molecule has 2 aromatic carbocycles. The van der Waals surface area contributed by atoms with Crippen molar-refractivity contribution in [1.82, 2.24) is 10.5 Å². The molecular formula is C22H22N2O2. The van der Waals surface area contributed by atoms with E-state index in [-0.39, 0.29) is 11.3 Å². The number of rotatable bonds is 5. The molecule has 1 fully saturated rings. The Kier molecular flexibility index (Phi) is 4.33. The van der Waals surface area contributed by atoms with E-state index in [9.17, 15) is 4.79 Å². The normalized spacial score (nSPS) is 15.3. The average molecular weight is 346 g/mol. The van der Waals surface area contributed by atoms with E-state index in [1.54, 1.807) is 6.92 Å². The van der Waals surface area contributed by atoms with Crippen molar-refractivity contribution in [3.8, 4) is 11.3 Å². The Hall–Kier alpha value is -2.88. The first-order valence-corrected chi connectivity index (χ1v) is 9.05. The molecule has 1 aromatic heterocycles. The number of nitrogens with one attached hydrogen (secondary N) is 1. The zero-order valence-electron chi connectivity index (χ0n) is 14.9. The number of hydrogen-bond acceptors (Lipinski definition) is 3. The molecule has 0 unspecified atom stereocenters. The molecule has 132 valence electrons. The predicted octanol–water partition coefficient (Wildman–Crippen LogP) is 4.50. The first kappa shape index (κ1) is 16.6. The molecule has 1 N–H and O–H groups in total. The highest BCUT2D eigenvalue weighted by atomic mass is 16.5. The number of benzene rings is 2. The molecular weight excluding hydrogens is 324 g/mol. The van der Waals surface area contributed by atoms with Gasteiger partial charge in [-0.25, -0.2) is 0 Å². The number of aryl methyl sites for hydroxylation is 1. The number of amides is 1.